The molecule has 3 aromatic rings. The molecule has 0 saturated heterocycles. The summed E-state index contributed by atoms with van der Waals surface area (Å²) in [5, 5.41) is 0. The van der Waals surface area contributed by atoms with Crippen LogP contribution in [0.5, 0.6) is 0 Å². The van der Waals surface area contributed by atoms with E-state index in [0.717, 1.165) is 47.1 Å². The number of benzene rings is 2. The van der Waals surface area contributed by atoms with E-state index in [1.54, 1.807) is 0 Å². The molecule has 130 valence electrons. The van der Waals surface area contributed by atoms with Crippen LogP contribution in [0.1, 0.15) is 11.1 Å². The number of para-hydroxylation sites is 1. The highest BCUT2D eigenvalue weighted by atomic mass is 15.2. The van der Waals surface area contributed by atoms with Crippen molar-refractivity contribution in [3.8, 4) is 0 Å². The van der Waals surface area contributed by atoms with Crippen LogP contribution in [0, 0.1) is 0 Å². The van der Waals surface area contributed by atoms with E-state index in [9.17, 15) is 0 Å². The number of aliphatic imine (C=N–C) groups is 1. The predicted molar refractivity (Wildman–Crippen MR) is 108 cm³/mol. The Kier molecular flexibility index (Phi) is 4.50. The van der Waals surface area contributed by atoms with Crippen LogP contribution < -0.4 is 4.90 Å². The van der Waals surface area contributed by atoms with E-state index in [0.29, 0.717) is 0 Å². The second-order valence-corrected chi connectivity index (χ2v) is 6.64. The Morgan fingerprint density at radius 3 is 2.46 bits per heavy atom. The lowest BCUT2D eigenvalue weighted by molar-refractivity contribution is 0.418. The topological polar surface area (TPSA) is 31.7 Å². The molecule has 1 aliphatic heterocycles. The van der Waals surface area contributed by atoms with Gasteiger partial charge >= 0.3 is 0 Å². The van der Waals surface area contributed by atoms with Crippen LogP contribution in [0.3, 0.4) is 0 Å². The summed E-state index contributed by atoms with van der Waals surface area (Å²) in [6, 6.07) is 22.8. The van der Waals surface area contributed by atoms with Crippen molar-refractivity contribution in [2.45, 2.75) is 0 Å². The molecule has 0 amide bonds. The fourth-order valence-electron chi connectivity index (χ4n) is 3.23. The zero-order valence-electron chi connectivity index (χ0n) is 15.1. The molecule has 0 fully saturated rings. The van der Waals surface area contributed by atoms with E-state index < -0.39 is 0 Å². The van der Waals surface area contributed by atoms with Crippen molar-refractivity contribution in [1.29, 1.82) is 0 Å². The minimum absolute atomic E-state index is 0.853. The first-order valence-corrected chi connectivity index (χ1v) is 8.85. The normalized spacial score (nSPS) is 13.0. The number of pyridine rings is 1. The molecule has 0 unspecified atom stereocenters. The van der Waals surface area contributed by atoms with Crippen LogP contribution >= 0.6 is 0 Å². The number of nitrogens with zero attached hydrogens (tertiary/aromatic N) is 4. The third-order valence-corrected chi connectivity index (χ3v) is 4.52. The molecule has 1 aliphatic rings. The van der Waals surface area contributed by atoms with Gasteiger partial charge in [-0.15, -0.1) is 0 Å². The van der Waals surface area contributed by atoms with E-state index in [1.807, 2.05) is 24.4 Å². The zero-order chi connectivity index (χ0) is 17.9. The highest BCUT2D eigenvalue weighted by Gasteiger charge is 2.24. The van der Waals surface area contributed by atoms with Crippen LogP contribution in [0.2, 0.25) is 0 Å². The molecule has 4 rings (SSSR count). The third-order valence-electron chi connectivity index (χ3n) is 4.52. The summed E-state index contributed by atoms with van der Waals surface area (Å²) in [6.07, 6.45) is 1.84. The Labute approximate surface area is 154 Å². The van der Waals surface area contributed by atoms with Gasteiger partial charge in [-0.3, -0.25) is 0 Å². The Balaban J connectivity index is 1.93. The van der Waals surface area contributed by atoms with Gasteiger partial charge in [-0.05, 0) is 32.3 Å². The van der Waals surface area contributed by atoms with E-state index in [1.165, 1.54) is 0 Å². The molecule has 26 heavy (non-hydrogen) atoms. The molecule has 2 aromatic carbocycles. The number of hydrogen-bond acceptors (Lipinski definition) is 4. The van der Waals surface area contributed by atoms with Gasteiger partial charge in [0.1, 0.15) is 5.69 Å². The molecule has 0 spiro atoms. The maximum Gasteiger partial charge on any atom is 0.159 e. The minimum Gasteiger partial charge on any atom is -0.323 e. The first kappa shape index (κ1) is 16.5. The van der Waals surface area contributed by atoms with Gasteiger partial charge in [0.15, 0.2) is 5.82 Å². The Bertz CT molecular complexity index is 932. The van der Waals surface area contributed by atoms with Crippen molar-refractivity contribution in [3.63, 3.8) is 0 Å². The second kappa shape index (κ2) is 7.10. The van der Waals surface area contributed by atoms with Crippen LogP contribution in [0.4, 0.5) is 17.2 Å². The average Bonchev–Trinajstić information content (AvgIpc) is 2.82. The summed E-state index contributed by atoms with van der Waals surface area (Å²) >= 11 is 0. The van der Waals surface area contributed by atoms with Crippen LogP contribution in [0.25, 0.3) is 0 Å². The summed E-state index contributed by atoms with van der Waals surface area (Å²) in [5.74, 6) is 0.910. The maximum absolute atomic E-state index is 5.03. The van der Waals surface area contributed by atoms with Gasteiger partial charge in [-0.25, -0.2) is 9.98 Å². The molecule has 0 saturated carbocycles. The fraction of sp³-hybridized carbons (Fsp3) is 0.182. The Hall–Kier alpha value is -2.98. The van der Waals surface area contributed by atoms with Crippen molar-refractivity contribution in [3.05, 3.63) is 84.1 Å². The van der Waals surface area contributed by atoms with Crippen molar-refractivity contribution in [2.24, 2.45) is 4.99 Å². The summed E-state index contributed by atoms with van der Waals surface area (Å²) in [6.45, 7) is 1.79. The van der Waals surface area contributed by atoms with Crippen LogP contribution in [0.15, 0.2) is 77.9 Å². The van der Waals surface area contributed by atoms with Gasteiger partial charge in [0.25, 0.3) is 0 Å². The van der Waals surface area contributed by atoms with Gasteiger partial charge in [-0.2, -0.15) is 0 Å². The van der Waals surface area contributed by atoms with Crippen molar-refractivity contribution in [1.82, 2.24) is 9.88 Å². The molecule has 2 heterocycles. The molecular formula is C22H22N4. The van der Waals surface area contributed by atoms with Crippen molar-refractivity contribution < 1.29 is 0 Å². The molecule has 4 nitrogen and oxygen atoms in total. The molecule has 0 radical (unpaired) electrons. The first-order chi connectivity index (χ1) is 12.7. The second-order valence-electron chi connectivity index (χ2n) is 6.64. The summed E-state index contributed by atoms with van der Waals surface area (Å²) < 4.78 is 0. The van der Waals surface area contributed by atoms with E-state index in [-0.39, 0.29) is 0 Å². The van der Waals surface area contributed by atoms with Gasteiger partial charge in [0.05, 0.1) is 11.4 Å². The van der Waals surface area contributed by atoms with Gasteiger partial charge in [0, 0.05) is 30.4 Å². The lowest BCUT2D eigenvalue weighted by Gasteiger charge is -2.26. The standard InChI is InChI=1S/C22H22N4/c1-25(2)15-16-26-20-13-7-6-11-18(20)21(17-9-4-3-5-10-17)24-19-12-8-14-23-22(19)26/h3-14H,15-16H2,1-2H3. The zero-order valence-corrected chi connectivity index (χ0v) is 15.1. The smallest absolute Gasteiger partial charge is 0.159 e. The minimum atomic E-state index is 0.853. The highest BCUT2D eigenvalue weighted by Crippen LogP contribution is 2.38. The van der Waals surface area contributed by atoms with Crippen LogP contribution in [-0.2, 0) is 0 Å². The molecule has 4 heteroatoms. The van der Waals surface area contributed by atoms with Gasteiger partial charge in [0.2, 0.25) is 0 Å². The number of hydrogen-bond donors (Lipinski definition) is 0. The summed E-state index contributed by atoms with van der Waals surface area (Å²) in [4.78, 5) is 14.2. The van der Waals surface area contributed by atoms with E-state index >= 15 is 0 Å². The average molecular weight is 342 g/mol. The lowest BCUT2D eigenvalue weighted by Crippen LogP contribution is -2.29. The SMILES string of the molecule is CN(C)CCN1c2ccccc2C(c2ccccc2)=Nc2cccnc21. The number of fused-ring (bicyclic) bond motifs is 2. The van der Waals surface area contributed by atoms with E-state index in [2.05, 4.69) is 77.4 Å². The molecule has 1 aromatic heterocycles. The monoisotopic (exact) mass is 342 g/mol. The molecule has 0 aliphatic carbocycles. The van der Waals surface area contributed by atoms with Gasteiger partial charge in [-0.1, -0.05) is 48.5 Å². The Morgan fingerprint density at radius 2 is 1.65 bits per heavy atom. The molecule has 0 atom stereocenters. The van der Waals surface area contributed by atoms with E-state index in [4.69, 9.17) is 4.99 Å². The third kappa shape index (κ3) is 3.11. The molecule has 0 bridgehead atoms. The Morgan fingerprint density at radius 1 is 0.885 bits per heavy atom. The first-order valence-electron chi connectivity index (χ1n) is 8.85. The quantitative estimate of drug-likeness (QED) is 0.710. The van der Waals surface area contributed by atoms with Crippen molar-refractivity contribution in [2.75, 3.05) is 32.1 Å². The lowest BCUT2D eigenvalue weighted by atomic mass is 10.0. The summed E-state index contributed by atoms with van der Waals surface area (Å²) in [7, 11) is 4.18. The highest BCUT2D eigenvalue weighted by molar-refractivity contribution is 6.18. The summed E-state index contributed by atoms with van der Waals surface area (Å²) in [5.41, 5.74) is 5.29. The van der Waals surface area contributed by atoms with Gasteiger partial charge < -0.3 is 9.80 Å². The number of likely N-dealkylation sites (N-methyl/N-ethyl adjacent to an activating group) is 1. The fourth-order valence-corrected chi connectivity index (χ4v) is 3.23. The molecule has 0 N–H and O–H groups in total. The number of anilines is 2. The number of rotatable bonds is 4. The maximum atomic E-state index is 5.03. The predicted octanol–water partition coefficient (Wildman–Crippen LogP) is 4.26. The number of aromatic nitrogens is 1. The van der Waals surface area contributed by atoms with Crippen LogP contribution in [-0.4, -0.2) is 42.8 Å². The largest absolute Gasteiger partial charge is 0.323 e. The van der Waals surface area contributed by atoms with Crippen molar-refractivity contribution >= 4 is 22.9 Å². The molecular weight excluding hydrogens is 320 g/mol.